The summed E-state index contributed by atoms with van der Waals surface area (Å²) in [7, 11) is 1.60. The average Bonchev–Trinajstić information content (AvgIpc) is 3.55. The number of hydrogen-bond donors (Lipinski definition) is 0. The van der Waals surface area contributed by atoms with Crippen LogP contribution in [0.3, 0.4) is 0 Å². The smallest absolute Gasteiger partial charge is 0.299 e. The predicted molar refractivity (Wildman–Crippen MR) is 126 cm³/mol. The van der Waals surface area contributed by atoms with Gasteiger partial charge in [0.1, 0.15) is 12.3 Å². The SMILES string of the molecule is COc1cccc(C2=NN(C(=O)CN3C(=O)C(=O)c4cc(Cl)ccc43)C(c3cccs3)C2)c1. The first-order valence-electron chi connectivity index (χ1n) is 10.2. The van der Waals surface area contributed by atoms with E-state index in [1.807, 2.05) is 41.8 Å². The molecule has 33 heavy (non-hydrogen) atoms. The van der Waals surface area contributed by atoms with Gasteiger partial charge in [-0.2, -0.15) is 5.10 Å². The number of fused-ring (bicyclic) bond motifs is 1. The minimum absolute atomic E-state index is 0.206. The number of hydrogen-bond acceptors (Lipinski definition) is 6. The fourth-order valence-corrected chi connectivity index (χ4v) is 5.04. The summed E-state index contributed by atoms with van der Waals surface area (Å²) in [5, 5.41) is 8.36. The van der Waals surface area contributed by atoms with E-state index in [1.54, 1.807) is 19.2 Å². The number of halogens is 1. The molecule has 5 rings (SSSR count). The zero-order valence-corrected chi connectivity index (χ0v) is 19.1. The lowest BCUT2D eigenvalue weighted by molar-refractivity contribution is -0.132. The molecule has 0 radical (unpaired) electrons. The van der Waals surface area contributed by atoms with E-state index in [0.29, 0.717) is 22.9 Å². The molecule has 2 aromatic carbocycles. The number of rotatable bonds is 5. The lowest BCUT2D eigenvalue weighted by Gasteiger charge is -2.23. The van der Waals surface area contributed by atoms with Crippen molar-refractivity contribution in [2.24, 2.45) is 5.10 Å². The summed E-state index contributed by atoms with van der Waals surface area (Å²) in [6.45, 7) is -0.296. The van der Waals surface area contributed by atoms with Crippen molar-refractivity contribution in [2.45, 2.75) is 12.5 Å². The number of anilines is 1. The van der Waals surface area contributed by atoms with Crippen LogP contribution in [0.5, 0.6) is 5.75 Å². The summed E-state index contributed by atoms with van der Waals surface area (Å²) >= 11 is 7.52. The summed E-state index contributed by atoms with van der Waals surface area (Å²) in [6, 6.07) is 15.7. The van der Waals surface area contributed by atoms with Gasteiger partial charge in [0, 0.05) is 21.9 Å². The zero-order valence-electron chi connectivity index (χ0n) is 17.5. The first-order chi connectivity index (χ1) is 16.0. The van der Waals surface area contributed by atoms with Crippen molar-refractivity contribution in [1.29, 1.82) is 0 Å². The van der Waals surface area contributed by atoms with Crippen LogP contribution in [0, 0.1) is 0 Å². The molecule has 1 unspecified atom stereocenters. The molecule has 0 aliphatic carbocycles. The maximum Gasteiger partial charge on any atom is 0.299 e. The maximum atomic E-state index is 13.4. The van der Waals surface area contributed by atoms with Gasteiger partial charge in [-0.1, -0.05) is 29.8 Å². The summed E-state index contributed by atoms with van der Waals surface area (Å²) < 4.78 is 5.32. The van der Waals surface area contributed by atoms with Gasteiger partial charge in [-0.25, -0.2) is 5.01 Å². The van der Waals surface area contributed by atoms with E-state index in [1.165, 1.54) is 27.3 Å². The maximum absolute atomic E-state index is 13.4. The molecule has 1 atom stereocenters. The highest BCUT2D eigenvalue weighted by atomic mass is 35.5. The predicted octanol–water partition coefficient (Wildman–Crippen LogP) is 4.32. The number of Topliss-reactive ketones (excluding diaryl/α,β-unsaturated/α-hetero) is 1. The zero-order chi connectivity index (χ0) is 23.1. The summed E-state index contributed by atoms with van der Waals surface area (Å²) in [6.07, 6.45) is 0.526. The van der Waals surface area contributed by atoms with Crippen LogP contribution >= 0.6 is 22.9 Å². The standard InChI is InChI=1S/C24H18ClN3O4S/c1-32-16-5-2-4-14(10-16)18-12-20(21-6-3-9-33-21)28(26-18)22(29)13-27-19-8-7-15(25)11-17(19)23(30)24(27)31/h2-11,20H,12-13H2,1H3. The molecule has 0 fully saturated rings. The number of carbonyl (C=O) groups is 3. The second-order valence-electron chi connectivity index (χ2n) is 7.63. The molecule has 0 saturated carbocycles. The molecule has 2 aliphatic heterocycles. The van der Waals surface area contributed by atoms with Gasteiger partial charge in [0.05, 0.1) is 30.1 Å². The van der Waals surface area contributed by atoms with Gasteiger partial charge in [0.2, 0.25) is 0 Å². The molecule has 166 valence electrons. The van der Waals surface area contributed by atoms with Crippen molar-refractivity contribution in [3.05, 3.63) is 81.0 Å². The van der Waals surface area contributed by atoms with Crippen LogP contribution in [0.15, 0.2) is 65.1 Å². The van der Waals surface area contributed by atoms with Crippen molar-refractivity contribution in [3.8, 4) is 5.75 Å². The molecular weight excluding hydrogens is 462 g/mol. The van der Waals surface area contributed by atoms with Crippen molar-refractivity contribution in [3.63, 3.8) is 0 Å². The summed E-state index contributed by atoms with van der Waals surface area (Å²) in [5.41, 5.74) is 2.19. The number of hydrazone groups is 1. The van der Waals surface area contributed by atoms with E-state index in [4.69, 9.17) is 16.3 Å². The van der Waals surface area contributed by atoms with Gasteiger partial charge in [0.25, 0.3) is 17.6 Å². The summed E-state index contributed by atoms with van der Waals surface area (Å²) in [5.74, 6) is -1.10. The molecule has 9 heteroatoms. The third-order valence-electron chi connectivity index (χ3n) is 5.67. The summed E-state index contributed by atoms with van der Waals surface area (Å²) in [4.78, 5) is 40.6. The van der Waals surface area contributed by atoms with Crippen molar-refractivity contribution < 1.29 is 19.1 Å². The minimum atomic E-state index is -0.746. The van der Waals surface area contributed by atoms with E-state index in [-0.39, 0.29) is 24.1 Å². The molecule has 0 N–H and O–H groups in total. The number of carbonyl (C=O) groups excluding carboxylic acids is 3. The molecule has 0 bridgehead atoms. The second-order valence-corrected chi connectivity index (χ2v) is 9.05. The van der Waals surface area contributed by atoms with Crippen LogP contribution in [0.1, 0.15) is 33.3 Å². The highest BCUT2D eigenvalue weighted by Crippen LogP contribution is 2.37. The quantitative estimate of drug-likeness (QED) is 0.510. The van der Waals surface area contributed by atoms with Gasteiger partial charge in [-0.3, -0.25) is 19.3 Å². The molecule has 1 aromatic heterocycles. The Morgan fingerprint density at radius 1 is 1.18 bits per heavy atom. The lowest BCUT2D eigenvalue weighted by Crippen LogP contribution is -2.40. The van der Waals surface area contributed by atoms with Gasteiger partial charge in [0.15, 0.2) is 0 Å². The number of nitrogens with zero attached hydrogens (tertiary/aromatic N) is 3. The van der Waals surface area contributed by atoms with Crippen LogP contribution in [0.2, 0.25) is 5.02 Å². The van der Waals surface area contributed by atoms with Gasteiger partial charge in [-0.15, -0.1) is 11.3 Å². The minimum Gasteiger partial charge on any atom is -0.497 e. The largest absolute Gasteiger partial charge is 0.497 e. The molecule has 3 aromatic rings. The number of ether oxygens (including phenoxy) is 1. The lowest BCUT2D eigenvalue weighted by atomic mass is 10.0. The molecule has 2 aliphatic rings. The highest BCUT2D eigenvalue weighted by Gasteiger charge is 2.40. The normalized spacial score (nSPS) is 17.4. The number of methoxy groups -OCH3 is 1. The highest BCUT2D eigenvalue weighted by molar-refractivity contribution is 7.10. The first-order valence-corrected chi connectivity index (χ1v) is 11.4. The van der Waals surface area contributed by atoms with Crippen molar-refractivity contribution in [2.75, 3.05) is 18.6 Å². The molecule has 0 saturated heterocycles. The van der Waals surface area contributed by atoms with E-state index in [9.17, 15) is 14.4 Å². The number of ketones is 1. The third kappa shape index (κ3) is 3.81. The molecular formula is C24H18ClN3O4S. The fourth-order valence-electron chi connectivity index (χ4n) is 4.06. The number of amides is 2. The monoisotopic (exact) mass is 479 g/mol. The number of benzene rings is 2. The van der Waals surface area contributed by atoms with Gasteiger partial charge < -0.3 is 4.74 Å². The molecule has 7 nitrogen and oxygen atoms in total. The van der Waals surface area contributed by atoms with Gasteiger partial charge in [-0.05, 0) is 41.8 Å². The third-order valence-corrected chi connectivity index (χ3v) is 6.88. The molecule has 3 heterocycles. The van der Waals surface area contributed by atoms with Crippen LogP contribution in [0.4, 0.5) is 5.69 Å². The Morgan fingerprint density at radius 2 is 2.03 bits per heavy atom. The first kappa shape index (κ1) is 21.4. The molecule has 2 amide bonds. The Kier molecular flexibility index (Phi) is 5.47. The van der Waals surface area contributed by atoms with Crippen LogP contribution in [-0.4, -0.2) is 42.0 Å². The Bertz CT molecular complexity index is 1300. The van der Waals surface area contributed by atoms with E-state index in [0.717, 1.165) is 16.2 Å². The Balaban J connectivity index is 1.46. The van der Waals surface area contributed by atoms with Crippen LogP contribution in [-0.2, 0) is 9.59 Å². The second kappa shape index (κ2) is 8.46. The fraction of sp³-hybridized carbons (Fsp3) is 0.167. The average molecular weight is 480 g/mol. The van der Waals surface area contributed by atoms with E-state index in [2.05, 4.69) is 5.10 Å². The van der Waals surface area contributed by atoms with Gasteiger partial charge >= 0.3 is 0 Å². The topological polar surface area (TPSA) is 79.3 Å². The van der Waals surface area contributed by atoms with E-state index < -0.39 is 11.7 Å². The van der Waals surface area contributed by atoms with Crippen LogP contribution < -0.4 is 9.64 Å². The Hall–Kier alpha value is -3.49. The van der Waals surface area contributed by atoms with E-state index >= 15 is 0 Å². The Morgan fingerprint density at radius 3 is 2.79 bits per heavy atom. The molecule has 0 spiro atoms. The number of thiophene rings is 1. The van der Waals surface area contributed by atoms with Crippen LogP contribution in [0.25, 0.3) is 0 Å². The van der Waals surface area contributed by atoms with Crippen molar-refractivity contribution >= 4 is 51.9 Å². The Labute approximate surface area is 198 Å². The van der Waals surface area contributed by atoms with Crippen molar-refractivity contribution in [1.82, 2.24) is 5.01 Å².